The molecular weight excluding hydrogens is 426 g/mol. The summed E-state index contributed by atoms with van der Waals surface area (Å²) in [6, 6.07) is 12.6. The standard InChI is InChI=1S/C18H15N7O3S2/c1-10(29)20-12-4-6-13(7-5-12)21-22-16-15(23-24(17(16)26)18(19)30)11-2-8-14(9-3-11)25(27)28/h2-9,21H,1H3,(H2,19,30)(H,20,29)/b22-16-. The summed E-state index contributed by atoms with van der Waals surface area (Å²) in [4.78, 5) is 23.6. The molecule has 12 heteroatoms. The van der Waals surface area contributed by atoms with E-state index < -0.39 is 10.8 Å². The number of nitrogens with two attached hydrogens (primary N) is 1. The minimum Gasteiger partial charge on any atom is -0.374 e. The van der Waals surface area contributed by atoms with E-state index in [1.165, 1.54) is 24.3 Å². The van der Waals surface area contributed by atoms with Crippen LogP contribution in [-0.4, -0.2) is 37.4 Å². The van der Waals surface area contributed by atoms with Crippen molar-refractivity contribution in [2.75, 3.05) is 10.7 Å². The van der Waals surface area contributed by atoms with E-state index >= 15 is 0 Å². The number of carbonyl (C=O) groups excluding carboxylic acids is 1. The molecule has 0 bridgehead atoms. The lowest BCUT2D eigenvalue weighted by Crippen LogP contribution is -2.36. The zero-order valence-corrected chi connectivity index (χ0v) is 17.2. The lowest BCUT2D eigenvalue weighted by atomic mass is 10.1. The number of rotatable bonds is 5. The van der Waals surface area contributed by atoms with Gasteiger partial charge in [0.25, 0.3) is 5.69 Å². The van der Waals surface area contributed by atoms with Gasteiger partial charge in [-0.3, -0.25) is 20.3 Å². The molecule has 0 unspecified atom stereocenters. The summed E-state index contributed by atoms with van der Waals surface area (Å²) in [6.07, 6.45) is 0. The number of carbonyl (C=O) groups is 1. The third kappa shape index (κ3) is 4.61. The Morgan fingerprint density at radius 2 is 1.73 bits per heavy atom. The summed E-state index contributed by atoms with van der Waals surface area (Å²) in [5.41, 5.74) is 10.3. The Bertz CT molecular complexity index is 1100. The van der Waals surface area contributed by atoms with Crippen molar-refractivity contribution in [2.45, 2.75) is 6.92 Å². The number of nitrogens with one attached hydrogen (secondary N) is 2. The topological polar surface area (TPSA) is 138 Å². The van der Waals surface area contributed by atoms with Crippen LogP contribution in [0.1, 0.15) is 12.5 Å². The Morgan fingerprint density at radius 1 is 1.13 bits per heavy atom. The smallest absolute Gasteiger partial charge is 0.303 e. The average Bonchev–Trinajstić information content (AvgIpc) is 3.03. The van der Waals surface area contributed by atoms with Gasteiger partial charge >= 0.3 is 5.91 Å². The monoisotopic (exact) mass is 441 g/mol. The van der Waals surface area contributed by atoms with E-state index in [0.29, 0.717) is 16.2 Å². The van der Waals surface area contributed by atoms with Gasteiger partial charge in [-0.05, 0) is 55.5 Å². The van der Waals surface area contributed by atoms with E-state index in [9.17, 15) is 14.9 Å². The summed E-state index contributed by atoms with van der Waals surface area (Å²) < 4.78 is 0. The van der Waals surface area contributed by atoms with E-state index in [4.69, 9.17) is 30.2 Å². The molecular formula is C18H15N7O3S2. The van der Waals surface area contributed by atoms with Gasteiger partial charge in [0.05, 0.1) is 15.6 Å². The second-order valence-electron chi connectivity index (χ2n) is 6.04. The normalized spacial score (nSPS) is 14.4. The largest absolute Gasteiger partial charge is 0.374 e. The van der Waals surface area contributed by atoms with Crippen LogP contribution in [0.3, 0.4) is 0 Å². The van der Waals surface area contributed by atoms with Gasteiger partial charge in [-0.25, -0.2) is 0 Å². The van der Waals surface area contributed by atoms with Crippen molar-refractivity contribution in [3.8, 4) is 0 Å². The lowest BCUT2D eigenvalue weighted by Gasteiger charge is -2.07. The molecule has 0 saturated heterocycles. The molecule has 1 aliphatic rings. The maximum absolute atomic E-state index is 12.6. The summed E-state index contributed by atoms with van der Waals surface area (Å²) >= 11 is 9.86. The molecule has 0 atom stereocenters. The number of nitro groups is 1. The molecule has 0 saturated carbocycles. The summed E-state index contributed by atoms with van der Waals surface area (Å²) in [6.45, 7) is 1.77. The number of nitro benzene ring substituents is 1. The van der Waals surface area contributed by atoms with Crippen molar-refractivity contribution in [3.05, 3.63) is 64.2 Å². The second kappa shape index (κ2) is 8.71. The highest BCUT2D eigenvalue weighted by atomic mass is 32.1. The van der Waals surface area contributed by atoms with E-state index in [2.05, 4.69) is 20.9 Å². The van der Waals surface area contributed by atoms with Crippen LogP contribution in [-0.2, 0) is 4.79 Å². The average molecular weight is 441 g/mol. The third-order valence-corrected chi connectivity index (χ3v) is 4.16. The number of amides is 1. The fraction of sp³-hybridized carbons (Fsp3) is 0.0556. The number of anilines is 2. The molecule has 0 aliphatic carbocycles. The van der Waals surface area contributed by atoms with Gasteiger partial charge in [-0.2, -0.15) is 15.2 Å². The van der Waals surface area contributed by atoms with Crippen LogP contribution in [0, 0.1) is 10.1 Å². The van der Waals surface area contributed by atoms with Crippen LogP contribution < -0.4 is 16.5 Å². The first-order valence-electron chi connectivity index (χ1n) is 8.45. The minimum absolute atomic E-state index is 0.0337. The molecule has 1 amide bonds. The fourth-order valence-corrected chi connectivity index (χ4v) is 2.77. The molecule has 1 heterocycles. The van der Waals surface area contributed by atoms with Crippen molar-refractivity contribution < 1.29 is 9.72 Å². The summed E-state index contributed by atoms with van der Waals surface area (Å²) in [5, 5.41) is 22.8. The molecule has 1 aliphatic heterocycles. The number of hydrazone groups is 2. The highest BCUT2D eigenvalue weighted by Gasteiger charge is 2.34. The Morgan fingerprint density at radius 3 is 2.27 bits per heavy atom. The number of hydrogen-bond donors (Lipinski definition) is 3. The maximum Gasteiger partial charge on any atom is 0.303 e. The molecule has 0 radical (unpaired) electrons. The van der Waals surface area contributed by atoms with Crippen molar-refractivity contribution in [1.29, 1.82) is 0 Å². The number of non-ortho nitro benzene ring substituents is 1. The first-order valence-corrected chi connectivity index (χ1v) is 9.27. The van der Waals surface area contributed by atoms with Crippen LogP contribution in [0.15, 0.2) is 58.7 Å². The van der Waals surface area contributed by atoms with Gasteiger partial charge in [0.1, 0.15) is 5.71 Å². The molecule has 4 N–H and O–H groups in total. The molecule has 0 fully saturated rings. The van der Waals surface area contributed by atoms with Gasteiger partial charge in [-0.15, -0.1) is 0 Å². The predicted molar refractivity (Wildman–Crippen MR) is 123 cm³/mol. The number of nitrogens with zero attached hydrogens (tertiary/aromatic N) is 4. The highest BCUT2D eigenvalue weighted by Crippen LogP contribution is 2.19. The first kappa shape index (κ1) is 21.0. The Balaban J connectivity index is 1.89. The van der Waals surface area contributed by atoms with Crippen molar-refractivity contribution >= 4 is 68.9 Å². The highest BCUT2D eigenvalue weighted by molar-refractivity contribution is 7.80. The molecule has 30 heavy (non-hydrogen) atoms. The maximum atomic E-state index is 12.6. The summed E-state index contributed by atoms with van der Waals surface area (Å²) in [7, 11) is 0. The quantitative estimate of drug-likeness (QED) is 0.366. The van der Waals surface area contributed by atoms with Gasteiger partial charge in [-0.1, -0.05) is 12.2 Å². The molecule has 0 spiro atoms. The third-order valence-electron chi connectivity index (χ3n) is 3.88. The van der Waals surface area contributed by atoms with E-state index in [-0.39, 0.29) is 22.2 Å². The molecule has 10 nitrogen and oxygen atoms in total. The van der Waals surface area contributed by atoms with Gasteiger partial charge in [0.2, 0.25) is 0 Å². The van der Waals surface area contributed by atoms with Gasteiger partial charge in [0, 0.05) is 23.4 Å². The van der Waals surface area contributed by atoms with Gasteiger partial charge in [0.15, 0.2) is 10.8 Å². The van der Waals surface area contributed by atoms with Crippen molar-refractivity contribution in [3.63, 3.8) is 0 Å². The number of thiocarbonyl (C=S) groups is 2. The van der Waals surface area contributed by atoms with Crippen molar-refractivity contribution in [1.82, 2.24) is 5.01 Å². The summed E-state index contributed by atoms with van der Waals surface area (Å²) in [5.74, 6) is -0.613. The Hall–Kier alpha value is -3.77. The zero-order valence-electron chi connectivity index (χ0n) is 15.5. The molecule has 2 aromatic rings. The number of benzene rings is 2. The van der Waals surface area contributed by atoms with E-state index in [1.54, 1.807) is 31.2 Å². The van der Waals surface area contributed by atoms with Gasteiger partial charge < -0.3 is 11.1 Å². The van der Waals surface area contributed by atoms with Crippen LogP contribution in [0.5, 0.6) is 0 Å². The van der Waals surface area contributed by atoms with E-state index in [0.717, 1.165) is 10.7 Å². The molecule has 3 rings (SSSR count). The van der Waals surface area contributed by atoms with Crippen LogP contribution >= 0.6 is 24.4 Å². The minimum atomic E-state index is -0.613. The second-order valence-corrected chi connectivity index (χ2v) is 7.07. The Kier molecular flexibility index (Phi) is 6.09. The SMILES string of the molecule is CC(=S)Nc1ccc(N/N=C2\C(=O)N(C(N)=S)N=C2c2ccc([N+](=O)[O-])cc2)cc1. The molecule has 0 aromatic heterocycles. The Labute approximate surface area is 181 Å². The lowest BCUT2D eigenvalue weighted by molar-refractivity contribution is -0.384. The molecule has 152 valence electrons. The van der Waals surface area contributed by atoms with E-state index in [1.807, 2.05) is 0 Å². The fourth-order valence-electron chi connectivity index (χ4n) is 2.53. The van der Waals surface area contributed by atoms with Crippen LogP contribution in [0.25, 0.3) is 0 Å². The van der Waals surface area contributed by atoms with Crippen LogP contribution in [0.4, 0.5) is 17.1 Å². The zero-order chi connectivity index (χ0) is 21.8. The number of hydrogen-bond acceptors (Lipinski definition) is 8. The molecule has 2 aromatic carbocycles. The van der Waals surface area contributed by atoms with Crippen molar-refractivity contribution in [2.24, 2.45) is 15.9 Å². The predicted octanol–water partition coefficient (Wildman–Crippen LogP) is 2.61. The first-order chi connectivity index (χ1) is 14.3. The van der Waals surface area contributed by atoms with Crippen LogP contribution in [0.2, 0.25) is 0 Å².